The van der Waals surface area contributed by atoms with Crippen LogP contribution in [0.2, 0.25) is 0 Å². The van der Waals surface area contributed by atoms with Crippen molar-refractivity contribution in [2.24, 2.45) is 0 Å². The molecule has 1 N–H and O–H groups in total. The molecule has 0 unspecified atom stereocenters. The van der Waals surface area contributed by atoms with Gasteiger partial charge in [0.05, 0.1) is 27.3 Å². The van der Waals surface area contributed by atoms with Gasteiger partial charge in [0, 0.05) is 11.1 Å². The molecule has 0 aliphatic heterocycles. The van der Waals surface area contributed by atoms with Crippen molar-refractivity contribution in [3.05, 3.63) is 91.0 Å². The van der Waals surface area contributed by atoms with Gasteiger partial charge in [0.15, 0.2) is 0 Å². The van der Waals surface area contributed by atoms with E-state index in [1.807, 2.05) is 66.7 Å². The van der Waals surface area contributed by atoms with Gasteiger partial charge in [-0.05, 0) is 35.0 Å². The number of nitrogens with zero attached hydrogens (tertiary/aromatic N) is 2. The van der Waals surface area contributed by atoms with Crippen LogP contribution in [0.15, 0.2) is 95.9 Å². The molecule has 0 amide bonds. The molecular weight excluding hydrogens is 419 g/mol. The Labute approximate surface area is 203 Å². The first kappa shape index (κ1) is 21.6. The average Bonchev–Trinajstić information content (AvgIpc) is 2.77. The Kier molecular flexibility index (Phi) is 5.92. The average molecular weight is 436 g/mol. The summed E-state index contributed by atoms with van der Waals surface area (Å²) in [5.74, 6) is 0. The smallest absolute Gasteiger partial charge is 1.00 e. The Morgan fingerprint density at radius 1 is 0.645 bits per heavy atom. The molecule has 0 atom stereocenters. The van der Waals surface area contributed by atoms with Crippen LogP contribution in [0.3, 0.4) is 0 Å². The number of fused-ring (bicyclic) bond motifs is 2. The Morgan fingerprint density at radius 2 is 1.13 bits per heavy atom. The summed E-state index contributed by atoms with van der Waals surface area (Å²) in [5, 5.41) is 1.48. The van der Waals surface area contributed by atoms with Gasteiger partial charge in [-0.2, -0.15) is 8.42 Å². The maximum Gasteiger partial charge on any atom is 1.00 e. The van der Waals surface area contributed by atoms with Crippen molar-refractivity contribution < 1.29 is 44.0 Å². The molecule has 1 aromatic heterocycles. The minimum Gasteiger partial charge on any atom is -1.00 e. The second-order valence-electron chi connectivity index (χ2n) is 6.98. The predicted octanol–water partition coefficient (Wildman–Crippen LogP) is 2.48. The molecule has 5 nitrogen and oxygen atoms in total. The number of aromatic nitrogens is 2. The Balaban J connectivity index is 0.00000144. The second kappa shape index (κ2) is 8.49. The number of benzene rings is 4. The third-order valence-corrected chi connectivity index (χ3v) is 5.84. The van der Waals surface area contributed by atoms with E-state index in [1.165, 1.54) is 12.1 Å². The summed E-state index contributed by atoms with van der Waals surface area (Å²) in [6.07, 6.45) is 0. The summed E-state index contributed by atoms with van der Waals surface area (Å²) in [4.78, 5) is 9.66. The quantitative estimate of drug-likeness (QED) is 0.267. The molecule has 0 aliphatic carbocycles. The Morgan fingerprint density at radius 3 is 1.61 bits per heavy atom. The zero-order valence-corrected chi connectivity index (χ0v) is 19.5. The molecule has 5 rings (SSSR count). The van der Waals surface area contributed by atoms with Crippen LogP contribution in [0.1, 0.15) is 1.43 Å². The molecule has 5 aromatic rings. The van der Waals surface area contributed by atoms with Crippen LogP contribution in [0.5, 0.6) is 0 Å². The van der Waals surface area contributed by atoms with Crippen molar-refractivity contribution in [1.82, 2.24) is 9.97 Å². The molecule has 31 heavy (non-hydrogen) atoms. The second-order valence-corrected chi connectivity index (χ2v) is 8.40. The number of hydrogen-bond acceptors (Lipinski definition) is 4. The molecule has 0 fully saturated rings. The minimum atomic E-state index is -4.28. The van der Waals surface area contributed by atoms with Crippen LogP contribution in [0.4, 0.5) is 0 Å². The third kappa shape index (κ3) is 4.26. The zero-order valence-electron chi connectivity index (χ0n) is 17.7. The molecule has 0 spiro atoms. The van der Waals surface area contributed by atoms with Crippen molar-refractivity contribution in [2.45, 2.75) is 4.90 Å². The first-order valence-corrected chi connectivity index (χ1v) is 10.8. The van der Waals surface area contributed by atoms with Gasteiger partial charge in [-0.1, -0.05) is 66.7 Å². The standard InChI is InChI=1S/C24H16N2O3S.Na.H/c27-30(28,29)20-12-11-18-14-21-22(15-19(18)13-20)26-24(17-9-5-2-6-10-17)23(25-21)16-7-3-1-4-8-16;;/h1-15H,(H,27,28,29);;/q;+1;-1. The maximum absolute atomic E-state index is 11.5. The van der Waals surface area contributed by atoms with Crippen LogP contribution >= 0.6 is 0 Å². The summed E-state index contributed by atoms with van der Waals surface area (Å²) in [6.45, 7) is 0. The van der Waals surface area contributed by atoms with Gasteiger partial charge < -0.3 is 1.43 Å². The molecule has 0 saturated heterocycles. The summed E-state index contributed by atoms with van der Waals surface area (Å²) in [7, 11) is -4.28. The van der Waals surface area contributed by atoms with Crippen molar-refractivity contribution >= 4 is 31.9 Å². The number of hydrogen-bond donors (Lipinski definition) is 1. The normalized spacial score (nSPS) is 11.4. The van der Waals surface area contributed by atoms with E-state index >= 15 is 0 Å². The molecule has 7 heteroatoms. The largest absolute Gasteiger partial charge is 1.00 e. The first-order valence-electron chi connectivity index (χ1n) is 9.33. The molecule has 148 valence electrons. The van der Waals surface area contributed by atoms with E-state index < -0.39 is 10.1 Å². The fourth-order valence-electron chi connectivity index (χ4n) is 3.53. The summed E-state index contributed by atoms with van der Waals surface area (Å²) in [5.41, 5.74) is 4.79. The topological polar surface area (TPSA) is 80.2 Å². The third-order valence-electron chi connectivity index (χ3n) is 4.99. The van der Waals surface area contributed by atoms with Crippen molar-refractivity contribution in [1.29, 1.82) is 0 Å². The summed E-state index contributed by atoms with van der Waals surface area (Å²) >= 11 is 0. The van der Waals surface area contributed by atoms with Crippen LogP contribution < -0.4 is 29.6 Å². The van der Waals surface area contributed by atoms with E-state index in [2.05, 4.69) is 0 Å². The fourth-order valence-corrected chi connectivity index (χ4v) is 4.05. The molecule has 0 saturated carbocycles. The first-order chi connectivity index (χ1) is 14.5. The molecule has 1 heterocycles. The Hall–Kier alpha value is -2.61. The fraction of sp³-hybridized carbons (Fsp3) is 0. The van der Waals surface area contributed by atoms with Gasteiger partial charge in [0.25, 0.3) is 10.1 Å². The van der Waals surface area contributed by atoms with Gasteiger partial charge in [0.2, 0.25) is 0 Å². The van der Waals surface area contributed by atoms with Crippen molar-refractivity contribution in [3.63, 3.8) is 0 Å². The predicted molar refractivity (Wildman–Crippen MR) is 119 cm³/mol. The van der Waals surface area contributed by atoms with Crippen LogP contribution in [-0.4, -0.2) is 22.9 Å². The Bertz CT molecular complexity index is 1510. The zero-order chi connectivity index (χ0) is 20.7. The van der Waals surface area contributed by atoms with Crippen LogP contribution in [0, 0.1) is 0 Å². The van der Waals surface area contributed by atoms with Gasteiger partial charge in [-0.3, -0.25) is 4.55 Å². The summed E-state index contributed by atoms with van der Waals surface area (Å²) in [6, 6.07) is 27.9. The van der Waals surface area contributed by atoms with E-state index in [4.69, 9.17) is 9.97 Å². The van der Waals surface area contributed by atoms with Crippen LogP contribution in [-0.2, 0) is 10.1 Å². The van der Waals surface area contributed by atoms with Gasteiger partial charge in [-0.15, -0.1) is 0 Å². The van der Waals surface area contributed by atoms with E-state index in [1.54, 1.807) is 12.1 Å². The molecule has 0 bridgehead atoms. The maximum atomic E-state index is 11.5. The molecule has 0 aliphatic rings. The summed E-state index contributed by atoms with van der Waals surface area (Å²) < 4.78 is 32.4. The molecule has 4 aromatic carbocycles. The molecular formula is C24H17N2NaO3S. The van der Waals surface area contributed by atoms with Crippen LogP contribution in [0.25, 0.3) is 44.3 Å². The van der Waals surface area contributed by atoms with Crippen molar-refractivity contribution in [2.75, 3.05) is 0 Å². The monoisotopic (exact) mass is 436 g/mol. The van der Waals surface area contributed by atoms with E-state index in [0.717, 1.165) is 27.9 Å². The minimum absolute atomic E-state index is 0. The van der Waals surface area contributed by atoms with E-state index in [-0.39, 0.29) is 35.9 Å². The van der Waals surface area contributed by atoms with Crippen molar-refractivity contribution in [3.8, 4) is 22.5 Å². The van der Waals surface area contributed by atoms with Gasteiger partial charge >= 0.3 is 29.6 Å². The van der Waals surface area contributed by atoms with Gasteiger partial charge in [0.1, 0.15) is 0 Å². The van der Waals surface area contributed by atoms with E-state index in [9.17, 15) is 13.0 Å². The van der Waals surface area contributed by atoms with E-state index in [0.29, 0.717) is 16.4 Å². The van der Waals surface area contributed by atoms with Gasteiger partial charge in [-0.25, -0.2) is 9.97 Å². The number of rotatable bonds is 3. The molecule has 0 radical (unpaired) electrons. The SMILES string of the molecule is O=S(=O)(O)c1ccc2cc3nc(-c4ccccc4)c(-c4ccccc4)nc3cc2c1.[H-].[Na+].